The predicted molar refractivity (Wildman–Crippen MR) is 147 cm³/mol. The Morgan fingerprint density at radius 3 is 2.50 bits per heavy atom. The number of fused-ring (bicyclic) bond motifs is 1. The van der Waals surface area contributed by atoms with E-state index in [4.69, 9.17) is 0 Å². The number of carbonyl (C=O) groups is 3. The van der Waals surface area contributed by atoms with E-state index in [1.54, 1.807) is 26.0 Å². The second kappa shape index (κ2) is 11.3. The van der Waals surface area contributed by atoms with Crippen molar-refractivity contribution in [2.75, 3.05) is 31.5 Å². The van der Waals surface area contributed by atoms with E-state index in [0.717, 1.165) is 11.1 Å². The van der Waals surface area contributed by atoms with E-state index < -0.39 is 27.2 Å². The van der Waals surface area contributed by atoms with Crippen LogP contribution in [0.5, 0.6) is 0 Å². The highest BCUT2D eigenvalue weighted by Gasteiger charge is 2.40. The molecule has 5 rings (SSSR count). The molecule has 2 fully saturated rings. The third kappa shape index (κ3) is 5.61. The van der Waals surface area contributed by atoms with Crippen LogP contribution in [0, 0.1) is 5.82 Å². The summed E-state index contributed by atoms with van der Waals surface area (Å²) in [6.07, 6.45) is 0.477. The van der Waals surface area contributed by atoms with E-state index in [1.807, 2.05) is 18.2 Å². The monoisotopic (exact) mass is 571 g/mol. The largest absolute Gasteiger partial charge is 0.380 e. The summed E-state index contributed by atoms with van der Waals surface area (Å²) >= 11 is 0. The van der Waals surface area contributed by atoms with Crippen LogP contribution in [-0.4, -0.2) is 77.7 Å². The number of sulfonamides is 1. The van der Waals surface area contributed by atoms with Crippen molar-refractivity contribution in [2.24, 2.45) is 0 Å². The molecule has 2 aromatic rings. The Kier molecular flexibility index (Phi) is 7.94. The summed E-state index contributed by atoms with van der Waals surface area (Å²) in [6.45, 7) is 6.34. The van der Waals surface area contributed by atoms with Gasteiger partial charge in [0.15, 0.2) is 0 Å². The summed E-state index contributed by atoms with van der Waals surface area (Å²) in [5, 5.41) is 5.04. The predicted octanol–water partition coefficient (Wildman–Crippen LogP) is 2.05. The molecular formula is C28H34FN5O5S. The van der Waals surface area contributed by atoms with Crippen molar-refractivity contribution in [3.8, 4) is 0 Å². The Balaban J connectivity index is 1.20. The SMILES string of the molecule is CC(C)S(=O)(=O)N1CCN(Cc2ccc(CNc3cccc4c3C(=O)N(C3CCC(=O)NC3=O)C4)c(F)c2)CC1. The molecule has 0 aromatic heterocycles. The molecule has 3 heterocycles. The number of rotatable bonds is 8. The van der Waals surface area contributed by atoms with Crippen LogP contribution in [-0.2, 0) is 39.2 Å². The number of carbonyl (C=O) groups excluding carboxylic acids is 3. The van der Waals surface area contributed by atoms with Gasteiger partial charge in [0.05, 0.1) is 10.8 Å². The summed E-state index contributed by atoms with van der Waals surface area (Å²) < 4.78 is 41.4. The zero-order valence-corrected chi connectivity index (χ0v) is 23.5. The van der Waals surface area contributed by atoms with Crippen molar-refractivity contribution < 1.29 is 27.2 Å². The van der Waals surface area contributed by atoms with Crippen LogP contribution in [0.15, 0.2) is 36.4 Å². The lowest BCUT2D eigenvalue weighted by Crippen LogP contribution is -2.52. The lowest BCUT2D eigenvalue weighted by atomic mass is 10.0. The van der Waals surface area contributed by atoms with Crippen molar-refractivity contribution in [1.29, 1.82) is 0 Å². The molecule has 0 saturated carbocycles. The van der Waals surface area contributed by atoms with Gasteiger partial charge in [-0.25, -0.2) is 12.8 Å². The van der Waals surface area contributed by atoms with Gasteiger partial charge in [-0.05, 0) is 43.5 Å². The number of nitrogens with zero attached hydrogens (tertiary/aromatic N) is 3. The molecule has 0 bridgehead atoms. The number of imide groups is 1. The van der Waals surface area contributed by atoms with Gasteiger partial charge in [-0.1, -0.05) is 24.3 Å². The van der Waals surface area contributed by atoms with Crippen molar-refractivity contribution in [3.63, 3.8) is 0 Å². The number of hydrogen-bond donors (Lipinski definition) is 2. The molecule has 3 aliphatic rings. The number of amides is 3. The minimum absolute atomic E-state index is 0.167. The number of halogens is 1. The Bertz CT molecular complexity index is 1440. The maximum Gasteiger partial charge on any atom is 0.257 e. The lowest BCUT2D eigenvalue weighted by Gasteiger charge is -2.34. The van der Waals surface area contributed by atoms with Crippen molar-refractivity contribution in [2.45, 2.75) is 57.6 Å². The van der Waals surface area contributed by atoms with Gasteiger partial charge in [-0.15, -0.1) is 0 Å². The Labute approximate surface area is 233 Å². The first-order valence-corrected chi connectivity index (χ1v) is 15.0. The van der Waals surface area contributed by atoms with Crippen molar-refractivity contribution >= 4 is 33.4 Å². The van der Waals surface area contributed by atoms with Crippen LogP contribution in [0.1, 0.15) is 53.7 Å². The van der Waals surface area contributed by atoms with Gasteiger partial charge >= 0.3 is 0 Å². The van der Waals surface area contributed by atoms with E-state index in [0.29, 0.717) is 49.5 Å². The molecular weight excluding hydrogens is 537 g/mol. The summed E-state index contributed by atoms with van der Waals surface area (Å²) in [5.74, 6) is -1.45. The third-order valence-corrected chi connectivity index (χ3v) is 10.1. The van der Waals surface area contributed by atoms with Crippen LogP contribution in [0.3, 0.4) is 0 Å². The molecule has 3 amide bonds. The number of nitrogens with one attached hydrogen (secondary N) is 2. The van der Waals surface area contributed by atoms with Gasteiger partial charge in [-0.2, -0.15) is 4.31 Å². The van der Waals surface area contributed by atoms with E-state index in [9.17, 15) is 22.8 Å². The van der Waals surface area contributed by atoms with E-state index in [1.165, 1.54) is 15.3 Å². The van der Waals surface area contributed by atoms with Crippen LogP contribution in [0.4, 0.5) is 10.1 Å². The van der Waals surface area contributed by atoms with Gasteiger partial charge in [0.1, 0.15) is 11.9 Å². The normalized spacial score (nSPS) is 20.6. The molecule has 1 atom stereocenters. The molecule has 214 valence electrons. The highest BCUT2D eigenvalue weighted by molar-refractivity contribution is 7.89. The summed E-state index contributed by atoms with van der Waals surface area (Å²) in [7, 11) is -3.27. The zero-order valence-electron chi connectivity index (χ0n) is 22.7. The first-order valence-electron chi connectivity index (χ1n) is 13.5. The molecule has 2 aromatic carbocycles. The van der Waals surface area contributed by atoms with E-state index >= 15 is 4.39 Å². The minimum Gasteiger partial charge on any atom is -0.380 e. The molecule has 40 heavy (non-hydrogen) atoms. The molecule has 0 spiro atoms. The van der Waals surface area contributed by atoms with Crippen LogP contribution >= 0.6 is 0 Å². The van der Waals surface area contributed by atoms with Crippen LogP contribution < -0.4 is 10.6 Å². The number of benzene rings is 2. The number of piperidine rings is 1. The molecule has 10 nitrogen and oxygen atoms in total. The second-order valence-electron chi connectivity index (χ2n) is 10.8. The Hall–Kier alpha value is -3.35. The average molecular weight is 572 g/mol. The van der Waals surface area contributed by atoms with Crippen LogP contribution in [0.2, 0.25) is 0 Å². The number of anilines is 1. The first-order chi connectivity index (χ1) is 19.0. The van der Waals surface area contributed by atoms with Crippen molar-refractivity contribution in [3.05, 3.63) is 64.5 Å². The summed E-state index contributed by atoms with van der Waals surface area (Å²) in [6, 6.07) is 9.79. The Morgan fingerprint density at radius 1 is 1.07 bits per heavy atom. The summed E-state index contributed by atoms with van der Waals surface area (Å²) in [5.41, 5.74) is 3.05. The van der Waals surface area contributed by atoms with Gasteiger partial charge in [0, 0.05) is 63.5 Å². The molecule has 12 heteroatoms. The lowest BCUT2D eigenvalue weighted by molar-refractivity contribution is -0.136. The highest BCUT2D eigenvalue weighted by atomic mass is 32.2. The topological polar surface area (TPSA) is 119 Å². The van der Waals surface area contributed by atoms with E-state index in [-0.39, 0.29) is 43.6 Å². The number of hydrogen-bond acceptors (Lipinski definition) is 7. The molecule has 0 aliphatic carbocycles. The molecule has 1 unspecified atom stereocenters. The molecule has 0 radical (unpaired) electrons. The highest BCUT2D eigenvalue weighted by Crippen LogP contribution is 2.32. The smallest absolute Gasteiger partial charge is 0.257 e. The fourth-order valence-corrected chi connectivity index (χ4v) is 6.75. The Morgan fingerprint density at radius 2 is 1.82 bits per heavy atom. The minimum atomic E-state index is -3.27. The maximum absolute atomic E-state index is 15.1. The summed E-state index contributed by atoms with van der Waals surface area (Å²) in [4.78, 5) is 40.7. The fourth-order valence-electron chi connectivity index (χ4n) is 5.48. The standard InChI is InChI=1S/C28H34FN5O5S/c1-18(2)40(38,39)33-12-10-32(11-13-33)16-19-6-7-20(22(29)14-19)15-30-23-5-3-4-21-17-34(28(37)26(21)23)24-8-9-25(35)31-27(24)36/h3-7,14,18,24,30H,8-13,15-17H2,1-2H3,(H,31,35,36). The molecule has 2 saturated heterocycles. The average Bonchev–Trinajstić information content (AvgIpc) is 3.25. The van der Waals surface area contributed by atoms with Gasteiger partial charge < -0.3 is 10.2 Å². The fraction of sp³-hybridized carbons (Fsp3) is 0.464. The molecule has 2 N–H and O–H groups in total. The third-order valence-electron chi connectivity index (χ3n) is 7.83. The van der Waals surface area contributed by atoms with Gasteiger partial charge in [0.25, 0.3) is 5.91 Å². The van der Waals surface area contributed by atoms with E-state index in [2.05, 4.69) is 15.5 Å². The van der Waals surface area contributed by atoms with Crippen LogP contribution in [0.25, 0.3) is 0 Å². The number of piperazine rings is 1. The first kappa shape index (κ1) is 28.2. The quantitative estimate of drug-likeness (QED) is 0.466. The van der Waals surface area contributed by atoms with Gasteiger partial charge in [0.2, 0.25) is 21.8 Å². The molecule has 3 aliphatic heterocycles. The van der Waals surface area contributed by atoms with Gasteiger partial charge in [-0.3, -0.25) is 24.6 Å². The second-order valence-corrected chi connectivity index (χ2v) is 13.3. The zero-order chi connectivity index (χ0) is 28.6. The maximum atomic E-state index is 15.1. The van der Waals surface area contributed by atoms with Crippen molar-refractivity contribution in [1.82, 2.24) is 19.4 Å².